The third-order valence-corrected chi connectivity index (χ3v) is 4.52. The van der Waals surface area contributed by atoms with Crippen LogP contribution in [0.25, 0.3) is 10.2 Å². The van der Waals surface area contributed by atoms with Crippen molar-refractivity contribution < 1.29 is 14.7 Å². The van der Waals surface area contributed by atoms with Gasteiger partial charge in [0.25, 0.3) is 11.5 Å². The van der Waals surface area contributed by atoms with Crippen LogP contribution in [0.2, 0.25) is 0 Å². The summed E-state index contributed by atoms with van der Waals surface area (Å²) in [6.07, 6.45) is 1.86. The van der Waals surface area contributed by atoms with Crippen LogP contribution < -0.4 is 10.9 Å². The number of hydrogen-bond acceptors (Lipinski definition) is 5. The van der Waals surface area contributed by atoms with E-state index in [1.165, 1.54) is 22.2 Å². The molecule has 22 heavy (non-hydrogen) atoms. The van der Waals surface area contributed by atoms with Gasteiger partial charge in [-0.3, -0.25) is 19.0 Å². The molecule has 118 valence electrons. The van der Waals surface area contributed by atoms with Gasteiger partial charge in [0.1, 0.15) is 4.83 Å². The molecule has 0 atom stereocenters. The Bertz CT molecular complexity index is 778. The molecule has 2 rings (SSSR count). The van der Waals surface area contributed by atoms with E-state index in [-0.39, 0.29) is 24.4 Å². The van der Waals surface area contributed by atoms with E-state index in [1.54, 1.807) is 6.92 Å². The highest BCUT2D eigenvalue weighted by Gasteiger charge is 2.18. The van der Waals surface area contributed by atoms with Crippen molar-refractivity contribution in [3.05, 3.63) is 27.1 Å². The van der Waals surface area contributed by atoms with E-state index in [0.29, 0.717) is 33.6 Å². The van der Waals surface area contributed by atoms with E-state index < -0.39 is 5.97 Å². The predicted molar refractivity (Wildman–Crippen MR) is 83.5 cm³/mol. The summed E-state index contributed by atoms with van der Waals surface area (Å²) in [6, 6.07) is 0. The van der Waals surface area contributed by atoms with Gasteiger partial charge in [0.15, 0.2) is 0 Å². The fraction of sp³-hybridized carbons (Fsp3) is 0.429. The van der Waals surface area contributed by atoms with Gasteiger partial charge in [-0.15, -0.1) is 11.3 Å². The minimum atomic E-state index is -0.892. The molecule has 2 aromatic heterocycles. The first kappa shape index (κ1) is 16.2. The van der Waals surface area contributed by atoms with Crippen molar-refractivity contribution in [3.8, 4) is 0 Å². The second kappa shape index (κ2) is 6.69. The Morgan fingerprint density at radius 2 is 2.18 bits per heavy atom. The number of nitrogens with zero attached hydrogens (tertiary/aromatic N) is 2. The number of rotatable bonds is 6. The van der Waals surface area contributed by atoms with Crippen LogP contribution in [-0.4, -0.2) is 33.1 Å². The van der Waals surface area contributed by atoms with Gasteiger partial charge >= 0.3 is 5.97 Å². The number of aryl methyl sites for hydroxylation is 2. The molecule has 0 aliphatic heterocycles. The summed E-state index contributed by atoms with van der Waals surface area (Å²) in [4.78, 5) is 40.1. The van der Waals surface area contributed by atoms with Crippen molar-refractivity contribution in [2.24, 2.45) is 0 Å². The largest absolute Gasteiger partial charge is 0.481 e. The number of thiophene rings is 1. The Labute approximate surface area is 130 Å². The molecule has 2 aromatic rings. The van der Waals surface area contributed by atoms with Crippen LogP contribution in [0.3, 0.4) is 0 Å². The van der Waals surface area contributed by atoms with Gasteiger partial charge in [-0.25, -0.2) is 4.98 Å². The number of carbonyl (C=O) groups excluding carboxylic acids is 1. The van der Waals surface area contributed by atoms with Crippen LogP contribution in [0.4, 0.5) is 0 Å². The quantitative estimate of drug-likeness (QED) is 0.782. The van der Waals surface area contributed by atoms with Crippen molar-refractivity contribution in [1.29, 1.82) is 0 Å². The number of fused-ring (bicyclic) bond motifs is 1. The lowest BCUT2D eigenvalue weighted by molar-refractivity contribution is -0.137. The Hall–Kier alpha value is -2.22. The topological polar surface area (TPSA) is 101 Å². The summed E-state index contributed by atoms with van der Waals surface area (Å²) < 4.78 is 1.50. The van der Waals surface area contributed by atoms with Crippen LogP contribution >= 0.6 is 11.3 Å². The highest BCUT2D eigenvalue weighted by atomic mass is 32.1. The summed E-state index contributed by atoms with van der Waals surface area (Å²) in [5.74, 6) is -1.19. The number of carboxylic acids is 1. The van der Waals surface area contributed by atoms with Crippen molar-refractivity contribution in [2.75, 3.05) is 6.54 Å². The molecule has 0 aliphatic rings. The first-order valence-corrected chi connectivity index (χ1v) is 7.75. The maximum Gasteiger partial charge on any atom is 0.303 e. The number of nitrogens with one attached hydrogen (secondary N) is 1. The zero-order valence-electron chi connectivity index (χ0n) is 12.4. The highest BCUT2D eigenvalue weighted by Crippen LogP contribution is 2.26. The molecular formula is C14H17N3O4S. The van der Waals surface area contributed by atoms with Crippen molar-refractivity contribution >= 4 is 33.4 Å². The van der Waals surface area contributed by atoms with Crippen LogP contribution in [-0.2, 0) is 11.3 Å². The molecule has 0 saturated heterocycles. The third-order valence-electron chi connectivity index (χ3n) is 3.32. The summed E-state index contributed by atoms with van der Waals surface area (Å²) in [7, 11) is 0. The molecule has 0 radical (unpaired) electrons. The van der Waals surface area contributed by atoms with Crippen LogP contribution in [0, 0.1) is 6.92 Å². The maximum atomic E-state index is 12.3. The lowest BCUT2D eigenvalue weighted by Gasteiger charge is -2.03. The van der Waals surface area contributed by atoms with Crippen molar-refractivity contribution in [3.63, 3.8) is 0 Å². The molecule has 0 unspecified atom stereocenters. The molecule has 2 N–H and O–H groups in total. The zero-order chi connectivity index (χ0) is 16.3. The Balaban J connectivity index is 2.23. The fourth-order valence-corrected chi connectivity index (χ4v) is 3.18. The highest BCUT2D eigenvalue weighted by molar-refractivity contribution is 7.20. The first-order chi connectivity index (χ1) is 10.5. The normalized spacial score (nSPS) is 10.8. The van der Waals surface area contributed by atoms with Gasteiger partial charge in [0.2, 0.25) is 0 Å². The smallest absolute Gasteiger partial charge is 0.303 e. The molecule has 1 amide bonds. The van der Waals surface area contributed by atoms with Gasteiger partial charge in [0, 0.05) is 19.5 Å². The molecule has 0 saturated carbocycles. The number of aromatic nitrogens is 2. The van der Waals surface area contributed by atoms with E-state index >= 15 is 0 Å². The monoisotopic (exact) mass is 323 g/mol. The Kier molecular flexibility index (Phi) is 4.92. The first-order valence-electron chi connectivity index (χ1n) is 6.94. The van der Waals surface area contributed by atoms with E-state index in [0.717, 1.165) is 0 Å². The summed E-state index contributed by atoms with van der Waals surface area (Å²) >= 11 is 1.18. The summed E-state index contributed by atoms with van der Waals surface area (Å²) in [6.45, 7) is 4.39. The summed E-state index contributed by atoms with van der Waals surface area (Å²) in [5.41, 5.74) is 0.474. The van der Waals surface area contributed by atoms with Crippen LogP contribution in [0.15, 0.2) is 11.1 Å². The Morgan fingerprint density at radius 3 is 2.82 bits per heavy atom. The second-order valence-corrected chi connectivity index (χ2v) is 5.82. The fourth-order valence-electron chi connectivity index (χ4n) is 2.12. The molecular weight excluding hydrogens is 306 g/mol. The molecule has 0 aliphatic carbocycles. The Morgan fingerprint density at radius 1 is 1.45 bits per heavy atom. The van der Waals surface area contributed by atoms with Crippen molar-refractivity contribution in [2.45, 2.75) is 33.2 Å². The SMILES string of the molecule is CCn1cnc2sc(C(=O)NCCCC(=O)O)c(C)c2c1=O. The van der Waals surface area contributed by atoms with Gasteiger partial charge in [-0.2, -0.15) is 0 Å². The van der Waals surface area contributed by atoms with E-state index in [2.05, 4.69) is 10.3 Å². The third kappa shape index (κ3) is 3.16. The molecule has 0 fully saturated rings. The van der Waals surface area contributed by atoms with Gasteiger partial charge in [-0.1, -0.05) is 0 Å². The number of aliphatic carboxylic acids is 1. The van der Waals surface area contributed by atoms with Crippen LogP contribution in [0.5, 0.6) is 0 Å². The van der Waals surface area contributed by atoms with E-state index in [9.17, 15) is 14.4 Å². The number of amides is 1. The second-order valence-electron chi connectivity index (χ2n) is 4.83. The number of hydrogen-bond donors (Lipinski definition) is 2. The van der Waals surface area contributed by atoms with E-state index in [4.69, 9.17) is 5.11 Å². The number of carboxylic acid groups (broad SMARTS) is 1. The molecule has 0 spiro atoms. The summed E-state index contributed by atoms with van der Waals surface area (Å²) in [5, 5.41) is 11.7. The number of carbonyl (C=O) groups is 2. The average Bonchev–Trinajstić information content (AvgIpc) is 2.81. The molecule has 0 aromatic carbocycles. The molecule has 0 bridgehead atoms. The minimum absolute atomic E-state index is 0.00837. The average molecular weight is 323 g/mol. The standard InChI is InChI=1S/C14H17N3O4S/c1-3-17-7-16-13-10(14(17)21)8(2)11(22-13)12(20)15-6-4-5-9(18)19/h7H,3-6H2,1-2H3,(H,15,20)(H,18,19). The predicted octanol–water partition coefficient (Wildman–Crippen LogP) is 1.38. The zero-order valence-corrected chi connectivity index (χ0v) is 13.2. The van der Waals surface area contributed by atoms with Gasteiger partial charge in [0.05, 0.1) is 16.6 Å². The van der Waals surface area contributed by atoms with Gasteiger partial charge in [-0.05, 0) is 25.8 Å². The molecule has 7 nitrogen and oxygen atoms in total. The lowest BCUT2D eigenvalue weighted by atomic mass is 10.2. The van der Waals surface area contributed by atoms with Crippen molar-refractivity contribution in [1.82, 2.24) is 14.9 Å². The van der Waals surface area contributed by atoms with E-state index in [1.807, 2.05) is 6.92 Å². The van der Waals surface area contributed by atoms with Crippen LogP contribution in [0.1, 0.15) is 35.0 Å². The maximum absolute atomic E-state index is 12.3. The minimum Gasteiger partial charge on any atom is -0.481 e. The molecule has 8 heteroatoms. The lowest BCUT2D eigenvalue weighted by Crippen LogP contribution is -2.25. The molecule has 2 heterocycles. The van der Waals surface area contributed by atoms with Gasteiger partial charge < -0.3 is 10.4 Å².